The Hall–Kier alpha value is -6.44. The molecule has 9 aromatic carbocycles. The first-order valence-electron chi connectivity index (χ1n) is 21.0. The molecule has 0 aliphatic carbocycles. The summed E-state index contributed by atoms with van der Waals surface area (Å²) >= 11 is 0. The van der Waals surface area contributed by atoms with Gasteiger partial charge in [-0.25, -0.2) is 0 Å². The van der Waals surface area contributed by atoms with Crippen molar-refractivity contribution in [2.75, 3.05) is 4.90 Å². The third-order valence-corrected chi connectivity index (χ3v) is 12.4. The Kier molecular flexibility index (Phi) is 9.92. The predicted molar refractivity (Wildman–Crippen MR) is 252 cm³/mol. The molecule has 0 spiro atoms. The van der Waals surface area contributed by atoms with Gasteiger partial charge in [-0.15, -0.1) is 0 Å². The maximum atomic E-state index is 2.59. The molecule has 0 bridgehead atoms. The number of benzene rings is 9. The average Bonchev–Trinajstić information content (AvgIpc) is 3.27. The van der Waals surface area contributed by atoms with Crippen molar-refractivity contribution in [1.29, 1.82) is 0 Å². The fraction of sp³-hybridized carbons (Fsp3) is 0.158. The summed E-state index contributed by atoms with van der Waals surface area (Å²) in [6.45, 7) is 13.8. The molecule has 1 nitrogen and oxygen atoms in total. The number of hydrogen-bond acceptors (Lipinski definition) is 1. The lowest BCUT2D eigenvalue weighted by Gasteiger charge is -2.33. The maximum Gasteiger partial charge on any atom is 0.0494 e. The van der Waals surface area contributed by atoms with Crippen LogP contribution in [0.2, 0.25) is 0 Å². The average molecular weight is 750 g/mol. The summed E-state index contributed by atoms with van der Waals surface area (Å²) in [5, 5.41) is 7.70. The van der Waals surface area contributed by atoms with Crippen LogP contribution in [-0.2, 0) is 19.3 Å². The van der Waals surface area contributed by atoms with Crippen LogP contribution in [0.25, 0.3) is 65.7 Å². The molecule has 0 aromatic heterocycles. The van der Waals surface area contributed by atoms with Gasteiger partial charge in [-0.3, -0.25) is 0 Å². The Balaban J connectivity index is 1.29. The molecule has 1 heteroatoms. The summed E-state index contributed by atoms with van der Waals surface area (Å²) in [4.78, 5) is 2.59. The Morgan fingerprint density at radius 2 is 0.586 bits per heavy atom. The second kappa shape index (κ2) is 15.5. The third kappa shape index (κ3) is 6.45. The molecule has 9 aromatic rings. The Labute approximate surface area is 344 Å². The van der Waals surface area contributed by atoms with Crippen LogP contribution < -0.4 is 4.90 Å². The molecular formula is C57H51N. The number of nitrogens with zero attached hydrogens (tertiary/aromatic N) is 1. The molecule has 0 aliphatic heterocycles. The van der Waals surface area contributed by atoms with Gasteiger partial charge in [0.1, 0.15) is 0 Å². The SMILES string of the molecule is CCc1cc(N(c2cc(CC)c(-c3cccc4ccccc34)cc2C)c2cc(CC)c(-c3cccc4ccccc34)cc2C)c(C)cc1-c1cccc2ccccc12. The molecular weight excluding hydrogens is 699 g/mol. The Bertz CT molecular complexity index is 2660. The van der Waals surface area contributed by atoms with E-state index in [1.165, 1.54) is 116 Å². The second-order valence-corrected chi connectivity index (χ2v) is 15.9. The zero-order valence-corrected chi connectivity index (χ0v) is 34.7. The van der Waals surface area contributed by atoms with Gasteiger partial charge >= 0.3 is 0 Å². The van der Waals surface area contributed by atoms with Crippen LogP contribution in [0.15, 0.2) is 164 Å². The van der Waals surface area contributed by atoms with Crippen LogP contribution in [0.3, 0.4) is 0 Å². The minimum absolute atomic E-state index is 0.929. The molecule has 0 atom stereocenters. The molecule has 0 fully saturated rings. The normalized spacial score (nSPS) is 11.5. The number of fused-ring (bicyclic) bond motifs is 3. The molecule has 0 aliphatic rings. The molecule has 284 valence electrons. The molecule has 0 radical (unpaired) electrons. The van der Waals surface area contributed by atoms with Crippen molar-refractivity contribution in [3.05, 3.63) is 197 Å². The minimum atomic E-state index is 0.929. The summed E-state index contributed by atoms with van der Waals surface area (Å²) in [5.41, 5.74) is 19.3. The van der Waals surface area contributed by atoms with Gasteiger partial charge in [0.15, 0.2) is 0 Å². The van der Waals surface area contributed by atoms with Gasteiger partial charge in [0.2, 0.25) is 0 Å². The Morgan fingerprint density at radius 1 is 0.310 bits per heavy atom. The van der Waals surface area contributed by atoms with Crippen LogP contribution >= 0.6 is 0 Å². The van der Waals surface area contributed by atoms with E-state index in [4.69, 9.17) is 0 Å². The molecule has 58 heavy (non-hydrogen) atoms. The van der Waals surface area contributed by atoms with E-state index < -0.39 is 0 Å². The van der Waals surface area contributed by atoms with Crippen molar-refractivity contribution in [2.45, 2.75) is 60.8 Å². The summed E-state index contributed by atoms with van der Waals surface area (Å²) in [6.07, 6.45) is 2.79. The van der Waals surface area contributed by atoms with E-state index in [1.807, 2.05) is 0 Å². The van der Waals surface area contributed by atoms with E-state index in [-0.39, 0.29) is 0 Å². The van der Waals surface area contributed by atoms with Crippen LogP contribution in [-0.4, -0.2) is 0 Å². The zero-order chi connectivity index (χ0) is 39.9. The van der Waals surface area contributed by atoms with Crippen molar-refractivity contribution >= 4 is 49.4 Å². The summed E-state index contributed by atoms with van der Waals surface area (Å²) in [6, 6.07) is 61.3. The molecule has 0 N–H and O–H groups in total. The summed E-state index contributed by atoms with van der Waals surface area (Å²) < 4.78 is 0. The van der Waals surface area contributed by atoms with Gasteiger partial charge in [0.25, 0.3) is 0 Å². The molecule has 0 saturated heterocycles. The number of rotatable bonds is 9. The fourth-order valence-electron chi connectivity index (χ4n) is 9.34. The highest BCUT2D eigenvalue weighted by Gasteiger charge is 2.24. The smallest absolute Gasteiger partial charge is 0.0494 e. The molecule has 0 saturated carbocycles. The van der Waals surface area contributed by atoms with Gasteiger partial charge in [-0.2, -0.15) is 0 Å². The van der Waals surface area contributed by atoms with Crippen molar-refractivity contribution in [3.8, 4) is 33.4 Å². The van der Waals surface area contributed by atoms with E-state index >= 15 is 0 Å². The van der Waals surface area contributed by atoms with E-state index in [1.54, 1.807) is 0 Å². The number of anilines is 3. The van der Waals surface area contributed by atoms with Gasteiger partial charge in [-0.05, 0) is 176 Å². The molecule has 0 heterocycles. The van der Waals surface area contributed by atoms with Crippen molar-refractivity contribution in [1.82, 2.24) is 0 Å². The zero-order valence-electron chi connectivity index (χ0n) is 34.7. The van der Waals surface area contributed by atoms with E-state index in [2.05, 4.69) is 210 Å². The number of aryl methyl sites for hydroxylation is 6. The minimum Gasteiger partial charge on any atom is -0.310 e. The molecule has 0 unspecified atom stereocenters. The quantitative estimate of drug-likeness (QED) is 0.142. The summed E-state index contributed by atoms with van der Waals surface area (Å²) in [7, 11) is 0. The van der Waals surface area contributed by atoms with Gasteiger partial charge in [0, 0.05) is 17.1 Å². The second-order valence-electron chi connectivity index (χ2n) is 15.9. The van der Waals surface area contributed by atoms with Crippen LogP contribution in [0, 0.1) is 20.8 Å². The highest BCUT2D eigenvalue weighted by atomic mass is 15.1. The van der Waals surface area contributed by atoms with Gasteiger partial charge in [-0.1, -0.05) is 148 Å². The van der Waals surface area contributed by atoms with Gasteiger partial charge < -0.3 is 4.90 Å². The van der Waals surface area contributed by atoms with Crippen LogP contribution in [0.4, 0.5) is 17.1 Å². The third-order valence-electron chi connectivity index (χ3n) is 12.4. The van der Waals surface area contributed by atoms with Crippen molar-refractivity contribution < 1.29 is 0 Å². The monoisotopic (exact) mass is 749 g/mol. The largest absolute Gasteiger partial charge is 0.310 e. The lowest BCUT2D eigenvalue weighted by atomic mass is 9.88. The fourth-order valence-corrected chi connectivity index (χ4v) is 9.34. The topological polar surface area (TPSA) is 3.24 Å². The standard InChI is InChI=1S/C57H51N/c1-7-40-34-55(37(4)31-52(40)49-28-16-22-43-19-10-13-25-46(43)49)58(56-35-41(8-2)53(32-38(56)5)50-29-17-23-44-20-11-14-26-47(44)50)57-36-42(9-3)54(33-39(57)6)51-30-18-24-45-21-12-15-27-48(45)51/h10-36H,7-9H2,1-6H3. The highest BCUT2D eigenvalue weighted by molar-refractivity contribution is 6.01. The van der Waals surface area contributed by atoms with E-state index in [0.717, 1.165) is 19.3 Å². The molecule has 0 amide bonds. The van der Waals surface area contributed by atoms with Crippen molar-refractivity contribution in [2.24, 2.45) is 0 Å². The van der Waals surface area contributed by atoms with Crippen molar-refractivity contribution in [3.63, 3.8) is 0 Å². The summed E-state index contributed by atoms with van der Waals surface area (Å²) in [5.74, 6) is 0. The van der Waals surface area contributed by atoms with Crippen LogP contribution in [0.5, 0.6) is 0 Å². The first kappa shape index (κ1) is 37.2. The van der Waals surface area contributed by atoms with Crippen LogP contribution in [0.1, 0.15) is 54.2 Å². The van der Waals surface area contributed by atoms with E-state index in [0.29, 0.717) is 0 Å². The lowest BCUT2D eigenvalue weighted by molar-refractivity contribution is 1.10. The maximum absolute atomic E-state index is 2.59. The van der Waals surface area contributed by atoms with Gasteiger partial charge in [0.05, 0.1) is 0 Å². The highest BCUT2D eigenvalue weighted by Crippen LogP contribution is 2.47. The molecule has 9 rings (SSSR count). The first-order chi connectivity index (χ1) is 28.4. The predicted octanol–water partition coefficient (Wildman–Crippen LogP) is 16.2. The van der Waals surface area contributed by atoms with E-state index in [9.17, 15) is 0 Å². The first-order valence-corrected chi connectivity index (χ1v) is 21.0. The lowest BCUT2D eigenvalue weighted by Crippen LogP contribution is -2.16. The Morgan fingerprint density at radius 3 is 0.879 bits per heavy atom. The number of hydrogen-bond donors (Lipinski definition) is 0.